The van der Waals surface area contributed by atoms with Crippen LogP contribution in [0.2, 0.25) is 0 Å². The molecule has 1 aromatic carbocycles. The van der Waals surface area contributed by atoms with Gasteiger partial charge in [-0.3, -0.25) is 4.79 Å². The highest BCUT2D eigenvalue weighted by Gasteiger charge is 2.05. The number of aryl methyl sites for hydroxylation is 1. The van der Waals surface area contributed by atoms with Crippen LogP contribution in [0.15, 0.2) is 42.5 Å². The van der Waals surface area contributed by atoms with Crippen LogP contribution in [0, 0.1) is 0 Å². The van der Waals surface area contributed by atoms with Crippen molar-refractivity contribution in [2.45, 2.75) is 71.1 Å². The lowest BCUT2D eigenvalue weighted by Crippen LogP contribution is -2.01. The number of ketones is 1. The Morgan fingerprint density at radius 1 is 0.952 bits per heavy atom. The van der Waals surface area contributed by atoms with E-state index in [1.807, 2.05) is 18.2 Å². The maximum absolute atomic E-state index is 11.9. The molecule has 21 heavy (non-hydrogen) atoms. The molecule has 0 N–H and O–H groups in total. The lowest BCUT2D eigenvalue weighted by molar-refractivity contribution is -0.118. The minimum atomic E-state index is 0.329. The van der Waals surface area contributed by atoms with Gasteiger partial charge in [-0.25, -0.2) is 0 Å². The molecule has 0 spiro atoms. The summed E-state index contributed by atoms with van der Waals surface area (Å²) in [7, 11) is 0. The molecular formula is C20H30O. The lowest BCUT2D eigenvalue weighted by atomic mass is 9.99. The van der Waals surface area contributed by atoms with Gasteiger partial charge in [0.2, 0.25) is 0 Å². The van der Waals surface area contributed by atoms with Crippen molar-refractivity contribution < 1.29 is 4.79 Å². The van der Waals surface area contributed by atoms with Crippen molar-refractivity contribution in [1.29, 1.82) is 0 Å². The normalized spacial score (nSPS) is 10.5. The van der Waals surface area contributed by atoms with Gasteiger partial charge in [0.05, 0.1) is 0 Å². The second kappa shape index (κ2) is 11.3. The first-order valence-electron chi connectivity index (χ1n) is 8.44. The summed E-state index contributed by atoms with van der Waals surface area (Å²) in [6.45, 7) is 6.30. The second-order valence-corrected chi connectivity index (χ2v) is 5.97. The molecule has 0 aliphatic carbocycles. The van der Waals surface area contributed by atoms with Crippen LogP contribution in [-0.2, 0) is 11.2 Å². The summed E-state index contributed by atoms with van der Waals surface area (Å²) in [6, 6.07) is 10.2. The molecule has 0 aliphatic heterocycles. The molecule has 0 radical (unpaired) electrons. The molecule has 0 unspecified atom stereocenters. The van der Waals surface area contributed by atoms with E-state index in [0.717, 1.165) is 18.4 Å². The largest absolute Gasteiger partial charge is 0.299 e. The van der Waals surface area contributed by atoms with Gasteiger partial charge < -0.3 is 0 Å². The van der Waals surface area contributed by atoms with Gasteiger partial charge in [0.1, 0.15) is 5.78 Å². The monoisotopic (exact) mass is 286 g/mol. The van der Waals surface area contributed by atoms with Gasteiger partial charge in [0, 0.05) is 12.8 Å². The summed E-state index contributed by atoms with van der Waals surface area (Å²) in [5.74, 6) is 0.329. The smallest absolute Gasteiger partial charge is 0.137 e. The van der Waals surface area contributed by atoms with Crippen LogP contribution in [0.3, 0.4) is 0 Å². The van der Waals surface area contributed by atoms with E-state index in [4.69, 9.17) is 0 Å². The summed E-state index contributed by atoms with van der Waals surface area (Å²) in [6.07, 6.45) is 10.9. The number of hydrogen-bond donors (Lipinski definition) is 0. The number of allylic oxidation sites excluding steroid dienone is 1. The van der Waals surface area contributed by atoms with E-state index in [0.29, 0.717) is 18.6 Å². The SMILES string of the molecule is C=C(CCCCCCCC)CC(=O)CCc1ccccc1. The maximum Gasteiger partial charge on any atom is 0.137 e. The van der Waals surface area contributed by atoms with Crippen molar-refractivity contribution in [3.63, 3.8) is 0 Å². The number of Topliss-reactive ketones (excluding diaryl/α,β-unsaturated/α-hetero) is 1. The summed E-state index contributed by atoms with van der Waals surface area (Å²) in [5, 5.41) is 0. The fraction of sp³-hybridized carbons (Fsp3) is 0.550. The van der Waals surface area contributed by atoms with E-state index in [2.05, 4.69) is 25.6 Å². The molecule has 0 bridgehead atoms. The molecule has 1 rings (SSSR count). The van der Waals surface area contributed by atoms with Crippen LogP contribution in [0.5, 0.6) is 0 Å². The van der Waals surface area contributed by atoms with Crippen molar-refractivity contribution in [2.75, 3.05) is 0 Å². The van der Waals surface area contributed by atoms with E-state index >= 15 is 0 Å². The highest BCUT2D eigenvalue weighted by Crippen LogP contribution is 2.14. The number of benzene rings is 1. The second-order valence-electron chi connectivity index (χ2n) is 5.97. The van der Waals surface area contributed by atoms with Crippen LogP contribution >= 0.6 is 0 Å². The molecule has 0 amide bonds. The van der Waals surface area contributed by atoms with Gasteiger partial charge in [-0.15, -0.1) is 0 Å². The van der Waals surface area contributed by atoms with Crippen molar-refractivity contribution >= 4 is 5.78 Å². The first-order valence-corrected chi connectivity index (χ1v) is 8.44. The van der Waals surface area contributed by atoms with Gasteiger partial charge in [0.25, 0.3) is 0 Å². The minimum absolute atomic E-state index is 0.329. The third-order valence-corrected chi connectivity index (χ3v) is 3.87. The molecular weight excluding hydrogens is 256 g/mol. The Labute approximate surface area is 130 Å². The lowest BCUT2D eigenvalue weighted by Gasteiger charge is -2.06. The molecule has 0 fully saturated rings. The number of carbonyl (C=O) groups excluding carboxylic acids is 1. The first kappa shape index (κ1) is 17.7. The Morgan fingerprint density at radius 2 is 1.62 bits per heavy atom. The van der Waals surface area contributed by atoms with Gasteiger partial charge in [-0.05, 0) is 24.8 Å². The Kier molecular flexibility index (Phi) is 9.52. The molecule has 1 aromatic rings. The van der Waals surface area contributed by atoms with Crippen LogP contribution in [-0.4, -0.2) is 5.78 Å². The summed E-state index contributed by atoms with van der Waals surface area (Å²) in [4.78, 5) is 11.9. The van der Waals surface area contributed by atoms with Crippen molar-refractivity contribution in [3.05, 3.63) is 48.0 Å². The van der Waals surface area contributed by atoms with E-state index in [9.17, 15) is 4.79 Å². The number of hydrogen-bond acceptors (Lipinski definition) is 1. The van der Waals surface area contributed by atoms with Crippen LogP contribution < -0.4 is 0 Å². The number of carbonyl (C=O) groups is 1. The molecule has 1 nitrogen and oxygen atoms in total. The molecule has 116 valence electrons. The standard InChI is InChI=1S/C20H30O/c1-3-4-5-6-7-9-12-18(2)17-20(21)16-15-19-13-10-8-11-14-19/h8,10-11,13-14H,2-7,9,12,15-17H2,1H3. The first-order chi connectivity index (χ1) is 10.2. The van der Waals surface area contributed by atoms with Crippen LogP contribution in [0.25, 0.3) is 0 Å². The zero-order valence-electron chi connectivity index (χ0n) is 13.6. The molecule has 0 saturated carbocycles. The number of rotatable bonds is 12. The van der Waals surface area contributed by atoms with E-state index in [1.165, 1.54) is 44.1 Å². The molecule has 1 heteroatoms. The van der Waals surface area contributed by atoms with Crippen molar-refractivity contribution in [2.24, 2.45) is 0 Å². The fourth-order valence-corrected chi connectivity index (χ4v) is 2.54. The van der Waals surface area contributed by atoms with Gasteiger partial charge in [-0.1, -0.05) is 81.5 Å². The van der Waals surface area contributed by atoms with Gasteiger partial charge in [-0.2, -0.15) is 0 Å². The average molecular weight is 286 g/mol. The summed E-state index contributed by atoms with van der Waals surface area (Å²) >= 11 is 0. The Hall–Kier alpha value is -1.37. The van der Waals surface area contributed by atoms with E-state index in [-0.39, 0.29) is 0 Å². The zero-order chi connectivity index (χ0) is 15.3. The Balaban J connectivity index is 2.06. The summed E-state index contributed by atoms with van der Waals surface area (Å²) in [5.41, 5.74) is 2.36. The number of unbranched alkanes of at least 4 members (excludes halogenated alkanes) is 5. The average Bonchev–Trinajstić information content (AvgIpc) is 2.50. The Bertz CT molecular complexity index is 405. The fourth-order valence-electron chi connectivity index (χ4n) is 2.54. The quantitative estimate of drug-likeness (QED) is 0.346. The highest BCUT2D eigenvalue weighted by atomic mass is 16.1. The van der Waals surface area contributed by atoms with E-state index < -0.39 is 0 Å². The minimum Gasteiger partial charge on any atom is -0.299 e. The molecule has 0 atom stereocenters. The molecule has 0 aliphatic rings. The predicted molar refractivity (Wildman–Crippen MR) is 91.5 cm³/mol. The van der Waals surface area contributed by atoms with Crippen molar-refractivity contribution in [1.82, 2.24) is 0 Å². The van der Waals surface area contributed by atoms with Gasteiger partial charge in [0.15, 0.2) is 0 Å². The third-order valence-electron chi connectivity index (χ3n) is 3.87. The molecule has 0 saturated heterocycles. The van der Waals surface area contributed by atoms with Gasteiger partial charge >= 0.3 is 0 Å². The van der Waals surface area contributed by atoms with E-state index in [1.54, 1.807) is 0 Å². The van der Waals surface area contributed by atoms with Crippen LogP contribution in [0.1, 0.15) is 70.3 Å². The van der Waals surface area contributed by atoms with Crippen molar-refractivity contribution in [3.8, 4) is 0 Å². The Morgan fingerprint density at radius 3 is 2.33 bits per heavy atom. The molecule has 0 aromatic heterocycles. The maximum atomic E-state index is 11.9. The predicted octanol–water partition coefficient (Wildman–Crippen LogP) is 5.89. The highest BCUT2D eigenvalue weighted by molar-refractivity contribution is 5.80. The van der Waals surface area contributed by atoms with Crippen LogP contribution in [0.4, 0.5) is 0 Å². The third kappa shape index (κ3) is 9.23. The topological polar surface area (TPSA) is 17.1 Å². The zero-order valence-corrected chi connectivity index (χ0v) is 13.6. The summed E-state index contributed by atoms with van der Waals surface area (Å²) < 4.78 is 0. The molecule has 0 heterocycles.